The molecule has 2 heterocycles. The maximum atomic E-state index is 12.6. The number of nitrogens with zero attached hydrogens (tertiary/aromatic N) is 3. The Bertz CT molecular complexity index is 1240. The molecule has 0 bridgehead atoms. The van der Waals surface area contributed by atoms with Crippen molar-refractivity contribution in [1.29, 1.82) is 0 Å². The highest BCUT2D eigenvalue weighted by Gasteiger charge is 2.11. The molecule has 4 aromatic rings. The Labute approximate surface area is 183 Å². The van der Waals surface area contributed by atoms with E-state index < -0.39 is 0 Å². The predicted molar refractivity (Wildman–Crippen MR) is 123 cm³/mol. The predicted octanol–water partition coefficient (Wildman–Crippen LogP) is 4.82. The summed E-state index contributed by atoms with van der Waals surface area (Å²) in [6, 6.07) is 16.7. The molecular formula is C23H21N5O2S. The zero-order chi connectivity index (χ0) is 22.0. The molecule has 0 aliphatic carbocycles. The van der Waals surface area contributed by atoms with Crippen molar-refractivity contribution >= 4 is 34.0 Å². The molecule has 2 N–H and O–H groups in total. The van der Waals surface area contributed by atoms with E-state index >= 15 is 0 Å². The number of rotatable bonds is 5. The zero-order valence-corrected chi connectivity index (χ0v) is 18.2. The number of hydrogen-bond acceptors (Lipinski definition) is 5. The Morgan fingerprint density at radius 3 is 2.29 bits per heavy atom. The first-order chi connectivity index (χ1) is 14.9. The van der Waals surface area contributed by atoms with Crippen molar-refractivity contribution in [2.45, 2.75) is 20.8 Å². The van der Waals surface area contributed by atoms with Gasteiger partial charge in [-0.1, -0.05) is 12.1 Å². The van der Waals surface area contributed by atoms with Gasteiger partial charge in [0.25, 0.3) is 5.91 Å². The van der Waals surface area contributed by atoms with E-state index in [0.717, 1.165) is 34.0 Å². The van der Waals surface area contributed by atoms with Crippen molar-refractivity contribution in [1.82, 2.24) is 14.8 Å². The second-order valence-electron chi connectivity index (χ2n) is 7.14. The number of benzene rings is 2. The largest absolute Gasteiger partial charge is 0.326 e. The van der Waals surface area contributed by atoms with Gasteiger partial charge in [-0.2, -0.15) is 5.10 Å². The fraction of sp³-hybridized carbons (Fsp3) is 0.130. The van der Waals surface area contributed by atoms with Crippen molar-refractivity contribution in [3.8, 4) is 16.9 Å². The summed E-state index contributed by atoms with van der Waals surface area (Å²) in [6.07, 6.45) is 0. The molecule has 0 unspecified atom stereocenters. The summed E-state index contributed by atoms with van der Waals surface area (Å²) in [4.78, 5) is 28.3. The van der Waals surface area contributed by atoms with Crippen LogP contribution in [-0.4, -0.2) is 26.6 Å². The Kier molecular flexibility index (Phi) is 5.64. The first kappa shape index (κ1) is 20.5. The van der Waals surface area contributed by atoms with Gasteiger partial charge >= 0.3 is 0 Å². The van der Waals surface area contributed by atoms with E-state index in [2.05, 4.69) is 20.7 Å². The molecule has 2 amide bonds. The minimum atomic E-state index is -0.221. The fourth-order valence-corrected chi connectivity index (χ4v) is 3.92. The second-order valence-corrected chi connectivity index (χ2v) is 7.99. The third-order valence-corrected chi connectivity index (χ3v) is 5.37. The summed E-state index contributed by atoms with van der Waals surface area (Å²) in [5.74, 6) is -0.337. The van der Waals surface area contributed by atoms with E-state index in [4.69, 9.17) is 0 Å². The molecule has 0 aliphatic rings. The van der Waals surface area contributed by atoms with Crippen LogP contribution in [0, 0.1) is 13.8 Å². The Morgan fingerprint density at radius 2 is 1.68 bits per heavy atom. The molecule has 4 rings (SSSR count). The first-order valence-corrected chi connectivity index (χ1v) is 10.6. The van der Waals surface area contributed by atoms with Crippen LogP contribution in [0.1, 0.15) is 28.7 Å². The van der Waals surface area contributed by atoms with Gasteiger partial charge in [0.1, 0.15) is 0 Å². The smallest absolute Gasteiger partial charge is 0.257 e. The molecule has 0 saturated carbocycles. The zero-order valence-electron chi connectivity index (χ0n) is 17.3. The van der Waals surface area contributed by atoms with E-state index in [0.29, 0.717) is 10.7 Å². The minimum Gasteiger partial charge on any atom is -0.326 e. The van der Waals surface area contributed by atoms with Crippen LogP contribution in [0.3, 0.4) is 0 Å². The molecule has 2 aromatic carbocycles. The van der Waals surface area contributed by atoms with Crippen molar-refractivity contribution in [3.63, 3.8) is 0 Å². The Balaban J connectivity index is 1.44. The fourth-order valence-electron chi connectivity index (χ4n) is 3.20. The van der Waals surface area contributed by atoms with Crippen LogP contribution >= 0.6 is 11.3 Å². The van der Waals surface area contributed by atoms with Crippen molar-refractivity contribution in [2.75, 3.05) is 10.6 Å². The van der Waals surface area contributed by atoms with Crippen LogP contribution in [0.4, 0.5) is 10.8 Å². The third-order valence-electron chi connectivity index (χ3n) is 4.61. The number of hydrogen-bond donors (Lipinski definition) is 2. The van der Waals surface area contributed by atoms with Gasteiger partial charge in [0.15, 0.2) is 5.13 Å². The Hall–Kier alpha value is -3.78. The highest BCUT2D eigenvalue weighted by Crippen LogP contribution is 2.26. The molecule has 0 spiro atoms. The van der Waals surface area contributed by atoms with Gasteiger partial charge in [-0.05, 0) is 56.3 Å². The van der Waals surface area contributed by atoms with Gasteiger partial charge < -0.3 is 5.32 Å². The highest BCUT2D eigenvalue weighted by atomic mass is 32.1. The van der Waals surface area contributed by atoms with Gasteiger partial charge in [-0.25, -0.2) is 9.67 Å². The average Bonchev–Trinajstić information content (AvgIpc) is 3.34. The number of aromatic nitrogens is 3. The van der Waals surface area contributed by atoms with Crippen LogP contribution in [0.2, 0.25) is 0 Å². The van der Waals surface area contributed by atoms with Crippen LogP contribution < -0.4 is 10.6 Å². The van der Waals surface area contributed by atoms with E-state index in [1.165, 1.54) is 18.3 Å². The topological polar surface area (TPSA) is 88.9 Å². The molecule has 156 valence electrons. The van der Waals surface area contributed by atoms with Crippen molar-refractivity contribution < 1.29 is 9.59 Å². The van der Waals surface area contributed by atoms with E-state index in [1.54, 1.807) is 12.1 Å². The molecule has 0 saturated heterocycles. The molecule has 8 heteroatoms. The molecule has 7 nitrogen and oxygen atoms in total. The Morgan fingerprint density at radius 1 is 0.968 bits per heavy atom. The minimum absolute atomic E-state index is 0.116. The summed E-state index contributed by atoms with van der Waals surface area (Å²) >= 11 is 1.36. The van der Waals surface area contributed by atoms with Crippen LogP contribution in [0.25, 0.3) is 16.9 Å². The summed E-state index contributed by atoms with van der Waals surface area (Å²) in [5, 5.41) is 12.4. The van der Waals surface area contributed by atoms with Gasteiger partial charge in [0.2, 0.25) is 5.91 Å². The molecular weight excluding hydrogens is 410 g/mol. The summed E-state index contributed by atoms with van der Waals surface area (Å²) in [7, 11) is 0. The summed E-state index contributed by atoms with van der Waals surface area (Å²) in [6.45, 7) is 5.41. The summed E-state index contributed by atoms with van der Waals surface area (Å²) in [5.41, 5.74) is 5.82. The van der Waals surface area contributed by atoms with Crippen LogP contribution in [0.15, 0.2) is 60.0 Å². The van der Waals surface area contributed by atoms with Gasteiger partial charge in [0.05, 0.1) is 17.1 Å². The van der Waals surface area contributed by atoms with E-state index in [-0.39, 0.29) is 11.8 Å². The van der Waals surface area contributed by atoms with Gasteiger partial charge in [0, 0.05) is 34.8 Å². The summed E-state index contributed by atoms with van der Waals surface area (Å²) < 4.78 is 1.85. The lowest BCUT2D eigenvalue weighted by Gasteiger charge is -2.06. The maximum absolute atomic E-state index is 12.6. The van der Waals surface area contributed by atoms with Gasteiger partial charge in [-0.15, -0.1) is 11.3 Å². The number of aryl methyl sites for hydroxylation is 2. The monoisotopic (exact) mass is 431 g/mol. The lowest BCUT2D eigenvalue weighted by molar-refractivity contribution is -0.114. The third kappa shape index (κ3) is 4.70. The lowest BCUT2D eigenvalue weighted by Crippen LogP contribution is -2.12. The first-order valence-electron chi connectivity index (χ1n) is 9.67. The van der Waals surface area contributed by atoms with Gasteiger partial charge in [-0.3, -0.25) is 14.9 Å². The van der Waals surface area contributed by atoms with Crippen LogP contribution in [0.5, 0.6) is 0 Å². The second kappa shape index (κ2) is 8.53. The van der Waals surface area contributed by atoms with Crippen LogP contribution in [-0.2, 0) is 4.79 Å². The van der Waals surface area contributed by atoms with E-state index in [9.17, 15) is 9.59 Å². The molecule has 31 heavy (non-hydrogen) atoms. The number of carbonyl (C=O) groups is 2. The SMILES string of the molecule is CC(=O)Nc1ccc(-c2csc(NC(=O)c3ccc(-n4nc(C)cc4C)cc3)n2)cc1. The highest BCUT2D eigenvalue weighted by molar-refractivity contribution is 7.14. The lowest BCUT2D eigenvalue weighted by atomic mass is 10.1. The normalized spacial score (nSPS) is 10.7. The molecule has 0 fully saturated rings. The number of amides is 2. The number of thiazole rings is 1. The molecule has 0 radical (unpaired) electrons. The molecule has 0 aliphatic heterocycles. The van der Waals surface area contributed by atoms with E-state index in [1.807, 2.05) is 66.4 Å². The van der Waals surface area contributed by atoms with Crippen molar-refractivity contribution in [3.05, 3.63) is 76.9 Å². The molecule has 0 atom stereocenters. The average molecular weight is 432 g/mol. The quantitative estimate of drug-likeness (QED) is 0.474. The molecule has 2 aromatic heterocycles. The number of anilines is 2. The standard InChI is InChI=1S/C23H21N5O2S/c1-14-12-15(2)28(27-14)20-10-6-18(7-11-20)22(30)26-23-25-21(13-31-23)17-4-8-19(9-5-17)24-16(3)29/h4-13H,1-3H3,(H,24,29)(H,25,26,30). The van der Waals surface area contributed by atoms with Crippen molar-refractivity contribution in [2.24, 2.45) is 0 Å². The maximum Gasteiger partial charge on any atom is 0.257 e. The number of carbonyl (C=O) groups excluding carboxylic acids is 2. The number of nitrogens with one attached hydrogen (secondary N) is 2.